The van der Waals surface area contributed by atoms with E-state index in [1.165, 1.54) is 0 Å². The molecule has 0 saturated carbocycles. The Balaban J connectivity index is 1.97. The van der Waals surface area contributed by atoms with Crippen molar-refractivity contribution in [1.82, 2.24) is 0 Å². The van der Waals surface area contributed by atoms with E-state index in [0.29, 0.717) is 23.6 Å². The zero-order valence-corrected chi connectivity index (χ0v) is 12.9. The Morgan fingerprint density at radius 2 is 1.95 bits per heavy atom. The van der Waals surface area contributed by atoms with Gasteiger partial charge < -0.3 is 9.64 Å². The molecule has 0 spiro atoms. The normalized spacial score (nSPS) is 10.2. The molecule has 0 aliphatic heterocycles. The second kappa shape index (κ2) is 7.14. The standard InChI is InChI=1S/C17H18ClNO2/c1-19(15-7-4-8-16(12-15)21-2)10-9-17(20)13-5-3-6-14(18)11-13/h3-8,11-12H,9-10H2,1-2H3. The Bertz CT molecular complexity index is 628. The molecule has 0 N–H and O–H groups in total. The first-order valence-electron chi connectivity index (χ1n) is 6.74. The number of ether oxygens (including phenoxy) is 1. The number of carbonyl (C=O) groups is 1. The molecule has 0 aliphatic carbocycles. The van der Waals surface area contributed by atoms with Crippen LogP contribution in [-0.2, 0) is 0 Å². The van der Waals surface area contributed by atoms with Crippen LogP contribution in [0.15, 0.2) is 48.5 Å². The minimum absolute atomic E-state index is 0.0900. The van der Waals surface area contributed by atoms with Gasteiger partial charge in [0.2, 0.25) is 0 Å². The monoisotopic (exact) mass is 303 g/mol. The van der Waals surface area contributed by atoms with Gasteiger partial charge >= 0.3 is 0 Å². The predicted octanol–water partition coefficient (Wildman–Crippen LogP) is 4.06. The number of hydrogen-bond donors (Lipinski definition) is 0. The number of nitrogens with zero attached hydrogens (tertiary/aromatic N) is 1. The first-order chi connectivity index (χ1) is 10.1. The molecule has 0 aromatic heterocycles. The number of rotatable bonds is 6. The number of ketones is 1. The van der Waals surface area contributed by atoms with Gasteiger partial charge in [0.1, 0.15) is 5.75 Å². The first kappa shape index (κ1) is 15.4. The van der Waals surface area contributed by atoms with Gasteiger partial charge in [0, 0.05) is 42.4 Å². The lowest BCUT2D eigenvalue weighted by Crippen LogP contribution is -2.21. The summed E-state index contributed by atoms with van der Waals surface area (Å²) in [5.74, 6) is 0.896. The molecule has 2 aromatic rings. The molecule has 2 aromatic carbocycles. The van der Waals surface area contributed by atoms with E-state index >= 15 is 0 Å². The predicted molar refractivity (Wildman–Crippen MR) is 86.7 cm³/mol. The van der Waals surface area contributed by atoms with Crippen LogP contribution >= 0.6 is 11.6 Å². The topological polar surface area (TPSA) is 29.5 Å². The van der Waals surface area contributed by atoms with E-state index in [4.69, 9.17) is 16.3 Å². The van der Waals surface area contributed by atoms with Crippen LogP contribution in [0.25, 0.3) is 0 Å². The van der Waals surface area contributed by atoms with Crippen LogP contribution in [0.1, 0.15) is 16.8 Å². The molecule has 0 heterocycles. The second-order valence-corrected chi connectivity index (χ2v) is 5.24. The molecule has 0 radical (unpaired) electrons. The maximum Gasteiger partial charge on any atom is 0.164 e. The Morgan fingerprint density at radius 1 is 1.19 bits per heavy atom. The van der Waals surface area contributed by atoms with Gasteiger partial charge in [-0.1, -0.05) is 29.8 Å². The Kier molecular flexibility index (Phi) is 5.23. The molecule has 0 fully saturated rings. The van der Waals surface area contributed by atoms with Crippen LogP contribution in [0.4, 0.5) is 5.69 Å². The Labute approximate surface area is 130 Å². The van der Waals surface area contributed by atoms with Gasteiger partial charge in [0.25, 0.3) is 0 Å². The van der Waals surface area contributed by atoms with Gasteiger partial charge in [-0.25, -0.2) is 0 Å². The van der Waals surface area contributed by atoms with Gasteiger partial charge in [0.05, 0.1) is 7.11 Å². The number of carbonyl (C=O) groups excluding carboxylic acids is 1. The lowest BCUT2D eigenvalue weighted by Gasteiger charge is -2.19. The van der Waals surface area contributed by atoms with Gasteiger partial charge in [-0.15, -0.1) is 0 Å². The Hall–Kier alpha value is -2.00. The fourth-order valence-electron chi connectivity index (χ4n) is 2.05. The van der Waals surface area contributed by atoms with Gasteiger partial charge in [-0.3, -0.25) is 4.79 Å². The molecule has 0 aliphatic rings. The van der Waals surface area contributed by atoms with E-state index in [-0.39, 0.29) is 5.78 Å². The molecular weight excluding hydrogens is 286 g/mol. The van der Waals surface area contributed by atoms with Crippen molar-refractivity contribution >= 4 is 23.1 Å². The molecule has 0 bridgehead atoms. The molecule has 0 amide bonds. The van der Waals surface area contributed by atoms with Crippen molar-refractivity contribution in [3.8, 4) is 5.75 Å². The maximum atomic E-state index is 12.1. The summed E-state index contributed by atoms with van der Waals surface area (Å²) in [7, 11) is 3.60. The van der Waals surface area contributed by atoms with Crippen LogP contribution in [0, 0.1) is 0 Å². The number of hydrogen-bond acceptors (Lipinski definition) is 3. The molecule has 0 unspecified atom stereocenters. The summed E-state index contributed by atoms with van der Waals surface area (Å²) in [5, 5.41) is 0.585. The molecule has 2 rings (SSSR count). The van der Waals surface area contributed by atoms with E-state index in [2.05, 4.69) is 0 Å². The third-order valence-electron chi connectivity index (χ3n) is 3.31. The quantitative estimate of drug-likeness (QED) is 0.754. The summed E-state index contributed by atoms with van der Waals surface area (Å²) < 4.78 is 5.20. The summed E-state index contributed by atoms with van der Waals surface area (Å²) in [6, 6.07) is 14.8. The average molecular weight is 304 g/mol. The van der Waals surface area contributed by atoms with Crippen molar-refractivity contribution in [1.29, 1.82) is 0 Å². The number of methoxy groups -OCH3 is 1. The first-order valence-corrected chi connectivity index (χ1v) is 7.12. The summed E-state index contributed by atoms with van der Waals surface area (Å²) in [4.78, 5) is 14.2. The summed E-state index contributed by atoms with van der Waals surface area (Å²) >= 11 is 5.90. The van der Waals surface area contributed by atoms with E-state index in [0.717, 1.165) is 11.4 Å². The lowest BCUT2D eigenvalue weighted by molar-refractivity contribution is 0.0985. The minimum Gasteiger partial charge on any atom is -0.497 e. The van der Waals surface area contributed by atoms with E-state index < -0.39 is 0 Å². The highest BCUT2D eigenvalue weighted by molar-refractivity contribution is 6.31. The van der Waals surface area contributed by atoms with Crippen LogP contribution in [0.3, 0.4) is 0 Å². The summed E-state index contributed by atoms with van der Waals surface area (Å²) in [5.41, 5.74) is 1.68. The Morgan fingerprint density at radius 3 is 2.67 bits per heavy atom. The summed E-state index contributed by atoms with van der Waals surface area (Å²) in [6.45, 7) is 0.637. The van der Waals surface area contributed by atoms with E-state index in [9.17, 15) is 4.79 Å². The number of anilines is 1. The number of halogens is 1. The smallest absolute Gasteiger partial charge is 0.164 e. The lowest BCUT2D eigenvalue weighted by atomic mass is 10.1. The van der Waals surface area contributed by atoms with Crippen LogP contribution in [-0.4, -0.2) is 26.5 Å². The largest absolute Gasteiger partial charge is 0.497 e. The van der Waals surface area contributed by atoms with Crippen molar-refractivity contribution in [2.75, 3.05) is 25.6 Å². The SMILES string of the molecule is COc1cccc(N(C)CCC(=O)c2cccc(Cl)c2)c1. The third kappa shape index (κ3) is 4.23. The molecule has 21 heavy (non-hydrogen) atoms. The number of benzene rings is 2. The molecule has 3 nitrogen and oxygen atoms in total. The van der Waals surface area contributed by atoms with E-state index in [1.807, 2.05) is 36.2 Å². The molecular formula is C17H18ClNO2. The van der Waals surface area contributed by atoms with E-state index in [1.54, 1.807) is 31.4 Å². The second-order valence-electron chi connectivity index (χ2n) is 4.81. The number of Topliss-reactive ketones (excluding diaryl/α,β-unsaturated/α-hetero) is 1. The zero-order chi connectivity index (χ0) is 15.2. The third-order valence-corrected chi connectivity index (χ3v) is 3.55. The fourth-order valence-corrected chi connectivity index (χ4v) is 2.24. The highest BCUT2D eigenvalue weighted by Crippen LogP contribution is 2.20. The minimum atomic E-state index is 0.0900. The van der Waals surface area contributed by atoms with Crippen LogP contribution < -0.4 is 9.64 Å². The summed E-state index contributed by atoms with van der Waals surface area (Å²) in [6.07, 6.45) is 0.439. The van der Waals surface area contributed by atoms with Crippen molar-refractivity contribution < 1.29 is 9.53 Å². The van der Waals surface area contributed by atoms with Crippen molar-refractivity contribution in [2.45, 2.75) is 6.42 Å². The van der Waals surface area contributed by atoms with Crippen LogP contribution in [0.5, 0.6) is 5.75 Å². The van der Waals surface area contributed by atoms with Crippen LogP contribution in [0.2, 0.25) is 5.02 Å². The van der Waals surface area contributed by atoms with Crippen molar-refractivity contribution in [2.24, 2.45) is 0 Å². The molecule has 4 heteroatoms. The molecule has 0 atom stereocenters. The van der Waals surface area contributed by atoms with Crippen molar-refractivity contribution in [3.05, 3.63) is 59.1 Å². The zero-order valence-electron chi connectivity index (χ0n) is 12.2. The fraction of sp³-hybridized carbons (Fsp3) is 0.235. The van der Waals surface area contributed by atoms with Gasteiger partial charge in [-0.05, 0) is 24.3 Å². The maximum absolute atomic E-state index is 12.1. The molecule has 0 saturated heterocycles. The highest BCUT2D eigenvalue weighted by Gasteiger charge is 2.09. The average Bonchev–Trinajstić information content (AvgIpc) is 2.52. The molecule has 110 valence electrons. The van der Waals surface area contributed by atoms with Gasteiger partial charge in [0.15, 0.2) is 5.78 Å². The highest BCUT2D eigenvalue weighted by atomic mass is 35.5. The van der Waals surface area contributed by atoms with Crippen molar-refractivity contribution in [3.63, 3.8) is 0 Å². The van der Waals surface area contributed by atoms with Gasteiger partial charge in [-0.2, -0.15) is 0 Å².